The highest BCUT2D eigenvalue weighted by atomic mass is 79.9. The number of halogens is 1. The average molecular weight is 303 g/mol. The summed E-state index contributed by atoms with van der Waals surface area (Å²) in [4.78, 5) is 15.5. The lowest BCUT2D eigenvalue weighted by molar-refractivity contribution is 0.0635. The smallest absolute Gasteiger partial charge is 0.412 e. The topological polar surface area (TPSA) is 60.5 Å². The first kappa shape index (κ1) is 13.8. The lowest BCUT2D eigenvalue weighted by Gasteiger charge is -2.20. The van der Waals surface area contributed by atoms with Gasteiger partial charge in [-0.1, -0.05) is 0 Å². The van der Waals surface area contributed by atoms with Crippen molar-refractivity contribution in [3.8, 4) is 5.75 Å². The maximum atomic E-state index is 11.6. The monoisotopic (exact) mass is 302 g/mol. The largest absolute Gasteiger partial charge is 0.493 e. The summed E-state index contributed by atoms with van der Waals surface area (Å²) in [5.41, 5.74) is -0.0901. The number of nitrogens with one attached hydrogen (secondary N) is 1. The maximum Gasteiger partial charge on any atom is 0.412 e. The highest BCUT2D eigenvalue weighted by molar-refractivity contribution is 9.10. The Morgan fingerprint density at radius 3 is 2.59 bits per heavy atom. The summed E-state index contributed by atoms with van der Waals surface area (Å²) in [6.45, 7) is 5.38. The van der Waals surface area contributed by atoms with Crippen LogP contribution in [0, 0.1) is 0 Å². The second-order valence-electron chi connectivity index (χ2n) is 4.33. The number of rotatable bonds is 2. The molecule has 94 valence electrons. The normalized spacial score (nSPS) is 10.9. The van der Waals surface area contributed by atoms with Gasteiger partial charge in [-0.05, 0) is 36.7 Å². The van der Waals surface area contributed by atoms with Gasteiger partial charge in [0.2, 0.25) is 0 Å². The highest BCUT2D eigenvalue weighted by Crippen LogP contribution is 2.31. The lowest BCUT2D eigenvalue weighted by Crippen LogP contribution is -2.27. The number of carbonyl (C=O) groups is 1. The third-order valence-electron chi connectivity index (χ3n) is 1.69. The number of aromatic nitrogens is 1. The van der Waals surface area contributed by atoms with E-state index in [9.17, 15) is 4.79 Å². The molecule has 0 bridgehead atoms. The van der Waals surface area contributed by atoms with Gasteiger partial charge in [-0.3, -0.25) is 10.3 Å². The molecule has 0 aliphatic carbocycles. The van der Waals surface area contributed by atoms with Crippen molar-refractivity contribution in [2.45, 2.75) is 26.4 Å². The van der Waals surface area contributed by atoms with E-state index in [1.807, 2.05) is 0 Å². The van der Waals surface area contributed by atoms with E-state index in [0.717, 1.165) is 0 Å². The van der Waals surface area contributed by atoms with Crippen LogP contribution in [-0.4, -0.2) is 23.8 Å². The number of pyridine rings is 1. The fourth-order valence-corrected chi connectivity index (χ4v) is 1.63. The van der Waals surface area contributed by atoms with Crippen LogP contribution in [0.3, 0.4) is 0 Å². The van der Waals surface area contributed by atoms with Gasteiger partial charge in [0.1, 0.15) is 11.3 Å². The molecule has 1 heterocycles. The van der Waals surface area contributed by atoms with Crippen LogP contribution in [-0.2, 0) is 4.74 Å². The zero-order valence-electron chi connectivity index (χ0n) is 10.2. The predicted octanol–water partition coefficient (Wildman–Crippen LogP) is 3.20. The van der Waals surface area contributed by atoms with E-state index in [2.05, 4.69) is 26.2 Å². The molecule has 1 aromatic heterocycles. The summed E-state index contributed by atoms with van der Waals surface area (Å²) >= 11 is 3.28. The first-order valence-corrected chi connectivity index (χ1v) is 5.80. The van der Waals surface area contributed by atoms with Crippen LogP contribution in [0.5, 0.6) is 5.75 Å². The number of nitrogens with zero attached hydrogens (tertiary/aromatic N) is 1. The first-order valence-electron chi connectivity index (χ1n) is 5.01. The molecule has 0 spiro atoms. The maximum absolute atomic E-state index is 11.6. The Morgan fingerprint density at radius 2 is 2.06 bits per heavy atom. The molecule has 0 atom stereocenters. The van der Waals surface area contributed by atoms with E-state index in [0.29, 0.717) is 15.9 Å². The number of anilines is 1. The molecule has 0 aromatic carbocycles. The molecule has 17 heavy (non-hydrogen) atoms. The number of methoxy groups -OCH3 is 1. The number of carbonyl (C=O) groups excluding carboxylic acids is 1. The van der Waals surface area contributed by atoms with E-state index in [1.165, 1.54) is 13.3 Å². The number of amides is 1. The summed E-state index contributed by atoms with van der Waals surface area (Å²) in [7, 11) is 1.51. The summed E-state index contributed by atoms with van der Waals surface area (Å²) in [5, 5.41) is 2.58. The van der Waals surface area contributed by atoms with Crippen molar-refractivity contribution in [2.75, 3.05) is 12.4 Å². The molecule has 0 fully saturated rings. The first-order chi connectivity index (χ1) is 7.83. The van der Waals surface area contributed by atoms with Crippen molar-refractivity contribution in [1.29, 1.82) is 0 Å². The van der Waals surface area contributed by atoms with Gasteiger partial charge in [-0.15, -0.1) is 0 Å². The van der Waals surface area contributed by atoms with Crippen LogP contribution in [0.2, 0.25) is 0 Å². The predicted molar refractivity (Wildman–Crippen MR) is 68.3 cm³/mol. The van der Waals surface area contributed by atoms with Crippen LogP contribution in [0.4, 0.5) is 10.5 Å². The highest BCUT2D eigenvalue weighted by Gasteiger charge is 2.18. The van der Waals surface area contributed by atoms with Gasteiger partial charge < -0.3 is 9.47 Å². The molecule has 0 aliphatic heterocycles. The molecule has 1 N–H and O–H groups in total. The quantitative estimate of drug-likeness (QED) is 0.911. The molecule has 0 unspecified atom stereocenters. The minimum Gasteiger partial charge on any atom is -0.493 e. The zero-order valence-corrected chi connectivity index (χ0v) is 11.8. The summed E-state index contributed by atoms with van der Waals surface area (Å²) in [6.07, 6.45) is 2.53. The molecule has 0 aliphatic rings. The molecule has 1 rings (SSSR count). The van der Waals surface area contributed by atoms with Crippen molar-refractivity contribution < 1.29 is 14.3 Å². The van der Waals surface area contributed by atoms with Crippen LogP contribution >= 0.6 is 15.9 Å². The van der Waals surface area contributed by atoms with Crippen molar-refractivity contribution in [1.82, 2.24) is 4.98 Å². The van der Waals surface area contributed by atoms with Gasteiger partial charge in [-0.2, -0.15) is 0 Å². The summed E-state index contributed by atoms with van der Waals surface area (Å²) in [6, 6.07) is 0. The number of ether oxygens (including phenoxy) is 2. The molecule has 0 radical (unpaired) electrons. The average Bonchev–Trinajstić information content (AvgIpc) is 2.14. The van der Waals surface area contributed by atoms with Gasteiger partial charge in [0.15, 0.2) is 5.75 Å². The molecular formula is C11H15BrN2O3. The minimum absolute atomic E-state index is 0.455. The number of hydrogen-bond acceptors (Lipinski definition) is 4. The Kier molecular flexibility index (Phi) is 4.34. The SMILES string of the molecule is COc1c(Br)cncc1NC(=O)OC(C)(C)C. The second kappa shape index (κ2) is 5.35. The molecule has 5 nitrogen and oxygen atoms in total. The van der Waals surface area contributed by atoms with Gasteiger partial charge in [-0.25, -0.2) is 4.79 Å². The number of hydrogen-bond donors (Lipinski definition) is 1. The van der Waals surface area contributed by atoms with Gasteiger partial charge in [0, 0.05) is 6.20 Å². The van der Waals surface area contributed by atoms with E-state index in [-0.39, 0.29) is 0 Å². The third-order valence-corrected chi connectivity index (χ3v) is 2.26. The van der Waals surface area contributed by atoms with Crippen molar-refractivity contribution in [3.63, 3.8) is 0 Å². The summed E-state index contributed by atoms with van der Waals surface area (Å²) < 4.78 is 10.9. The van der Waals surface area contributed by atoms with E-state index >= 15 is 0 Å². The minimum atomic E-state index is -0.546. The molecule has 1 amide bonds. The Morgan fingerprint density at radius 1 is 1.41 bits per heavy atom. The molecule has 0 saturated heterocycles. The molecular weight excluding hydrogens is 288 g/mol. The standard InChI is InChI=1S/C11H15BrN2O3/c1-11(2,3)17-10(15)14-8-6-13-5-7(12)9(8)16-4/h5-6H,1-4H3,(H,14,15). The van der Waals surface area contributed by atoms with Crippen LogP contribution < -0.4 is 10.1 Å². The Balaban J connectivity index is 2.82. The van der Waals surface area contributed by atoms with Crippen molar-refractivity contribution >= 4 is 27.7 Å². The van der Waals surface area contributed by atoms with Crippen LogP contribution in [0.15, 0.2) is 16.9 Å². The van der Waals surface area contributed by atoms with Crippen molar-refractivity contribution in [3.05, 3.63) is 16.9 Å². The second-order valence-corrected chi connectivity index (χ2v) is 5.18. The van der Waals surface area contributed by atoms with Gasteiger partial charge in [0.25, 0.3) is 0 Å². The fraction of sp³-hybridized carbons (Fsp3) is 0.455. The van der Waals surface area contributed by atoms with Crippen LogP contribution in [0.25, 0.3) is 0 Å². The fourth-order valence-electron chi connectivity index (χ4n) is 1.13. The molecule has 6 heteroatoms. The Bertz CT molecular complexity index is 416. The van der Waals surface area contributed by atoms with Crippen LogP contribution in [0.1, 0.15) is 20.8 Å². The van der Waals surface area contributed by atoms with E-state index in [4.69, 9.17) is 9.47 Å². The summed E-state index contributed by atoms with van der Waals surface area (Å²) in [5.74, 6) is 0.505. The zero-order chi connectivity index (χ0) is 13.1. The van der Waals surface area contributed by atoms with Gasteiger partial charge >= 0.3 is 6.09 Å². The lowest BCUT2D eigenvalue weighted by atomic mass is 10.2. The molecule has 0 saturated carbocycles. The van der Waals surface area contributed by atoms with E-state index < -0.39 is 11.7 Å². The van der Waals surface area contributed by atoms with Gasteiger partial charge in [0.05, 0.1) is 17.8 Å². The Hall–Kier alpha value is -1.30. The third kappa shape index (κ3) is 4.22. The molecule has 1 aromatic rings. The Labute approximate surface area is 109 Å². The van der Waals surface area contributed by atoms with E-state index in [1.54, 1.807) is 27.0 Å². The van der Waals surface area contributed by atoms with Crippen molar-refractivity contribution in [2.24, 2.45) is 0 Å².